The van der Waals surface area contributed by atoms with Crippen LogP contribution >= 0.6 is 0 Å². The third-order valence-electron chi connectivity index (χ3n) is 15.5. The van der Waals surface area contributed by atoms with E-state index in [1.54, 1.807) is 6.92 Å². The van der Waals surface area contributed by atoms with Crippen molar-refractivity contribution >= 4 is 42.1 Å². The Hall–Kier alpha value is -4.04. The van der Waals surface area contributed by atoms with Crippen LogP contribution in [0.1, 0.15) is 169 Å². The van der Waals surface area contributed by atoms with Crippen LogP contribution in [0.25, 0.3) is 11.1 Å². The Balaban J connectivity index is 1.11. The van der Waals surface area contributed by atoms with Gasteiger partial charge >= 0.3 is 7.12 Å². The fourth-order valence-corrected chi connectivity index (χ4v) is 10.9. The van der Waals surface area contributed by atoms with Crippen LogP contribution in [0.2, 0.25) is 5.82 Å². The SMILES string of the molecule is CCCCc1ccc(-c2ccc(C(=O)CCCC(=O)C[C@@H](CCCCN)C(=O)N[C@H](C(=O)C[C@@H](C)C(=O)N[C@H](C(=O)C[C@@H](C)B3OC4C[C@@H]5C[C@@H](C5(C)C)[C@]4(C)O3)C(C)(C)C)[C@@H](C)O)cc2)cc1. The minimum absolute atomic E-state index is 0.00789. The normalized spacial score (nSPS) is 23.2. The quantitative estimate of drug-likeness (QED) is 0.0383. The van der Waals surface area contributed by atoms with E-state index in [9.17, 15) is 33.9 Å². The zero-order valence-corrected chi connectivity index (χ0v) is 42.8. The highest BCUT2D eigenvalue weighted by molar-refractivity contribution is 6.47. The molecule has 3 aliphatic carbocycles. The number of Topliss-reactive ketones (excluding diaryl/α,β-unsaturated/α-hetero) is 4. The summed E-state index contributed by atoms with van der Waals surface area (Å²) in [7, 11) is -0.530. The number of nitrogens with one attached hydrogen (secondary N) is 2. The Morgan fingerprint density at radius 3 is 2.04 bits per heavy atom. The molecule has 1 heterocycles. The summed E-state index contributed by atoms with van der Waals surface area (Å²) in [4.78, 5) is 81.6. The zero-order chi connectivity index (χ0) is 50.1. The molecule has 12 nitrogen and oxygen atoms in total. The lowest BCUT2D eigenvalue weighted by Gasteiger charge is -2.64. The third kappa shape index (κ3) is 13.6. The van der Waals surface area contributed by atoms with Crippen LogP contribution in [0.4, 0.5) is 0 Å². The molecule has 1 saturated heterocycles. The van der Waals surface area contributed by atoms with Gasteiger partial charge < -0.3 is 30.8 Å². The average Bonchev–Trinajstić information content (AvgIpc) is 3.66. The van der Waals surface area contributed by atoms with Gasteiger partial charge in [-0.3, -0.25) is 28.8 Å². The van der Waals surface area contributed by atoms with Crippen LogP contribution in [-0.2, 0) is 39.7 Å². The second-order valence-electron chi connectivity index (χ2n) is 22.5. The standard InChI is InChI=1S/C55H82BN3O9/c1-11-12-16-37-20-22-38(23-21-37)39-24-26-40(27-25-39)44(62)19-15-18-43(61)31-41(17-13-14-28-57)52(66)58-49(36(4)60)45(63)29-34(2)51(65)59-50(53(5,6)7)46(64)30-35(3)56-67-48-33-42-32-47(54(42,8)9)55(48,10)68-56/h20-27,34-36,41-42,47-50,60H,11-19,28-33,57H2,1-10H3,(H,58,66)(H,59,65)/t34-,35-,36-,41-,42+,47+,48?,49+,50-,55+/m1/s1. The van der Waals surface area contributed by atoms with Crippen molar-refractivity contribution in [2.24, 2.45) is 40.2 Å². The predicted octanol–water partition coefficient (Wildman–Crippen LogP) is 8.82. The van der Waals surface area contributed by atoms with Crippen molar-refractivity contribution in [1.82, 2.24) is 10.6 Å². The number of nitrogens with two attached hydrogens (primary N) is 1. The molecule has 13 heteroatoms. The molecule has 1 unspecified atom stereocenters. The summed E-state index contributed by atoms with van der Waals surface area (Å²) in [5.41, 5.74) is 8.88. The highest BCUT2D eigenvalue weighted by Crippen LogP contribution is 2.66. The first-order chi connectivity index (χ1) is 32.0. The molecule has 68 heavy (non-hydrogen) atoms. The van der Waals surface area contributed by atoms with Gasteiger partial charge in [0, 0.05) is 49.5 Å². The van der Waals surface area contributed by atoms with Crippen LogP contribution in [0.15, 0.2) is 48.5 Å². The minimum Gasteiger partial charge on any atom is -0.405 e. The summed E-state index contributed by atoms with van der Waals surface area (Å²) in [5, 5.41) is 16.4. The van der Waals surface area contributed by atoms with Crippen LogP contribution in [0, 0.1) is 34.5 Å². The van der Waals surface area contributed by atoms with Gasteiger partial charge in [0.15, 0.2) is 17.3 Å². The molecule has 3 saturated carbocycles. The molecule has 10 atom stereocenters. The molecule has 0 aromatic heterocycles. The number of rotatable bonds is 27. The van der Waals surface area contributed by atoms with E-state index in [0.717, 1.165) is 43.2 Å². The van der Waals surface area contributed by atoms with E-state index < -0.39 is 65.8 Å². The topological polar surface area (TPSA) is 191 Å². The Bertz CT molecular complexity index is 2060. The summed E-state index contributed by atoms with van der Waals surface area (Å²) < 4.78 is 13.1. The molecule has 2 aromatic carbocycles. The molecule has 374 valence electrons. The van der Waals surface area contributed by atoms with Crippen LogP contribution < -0.4 is 16.4 Å². The summed E-state index contributed by atoms with van der Waals surface area (Å²) in [6, 6.07) is 13.8. The molecule has 5 N–H and O–H groups in total. The van der Waals surface area contributed by atoms with Crippen molar-refractivity contribution in [3.63, 3.8) is 0 Å². The number of aliphatic hydroxyl groups is 1. The summed E-state index contributed by atoms with van der Waals surface area (Å²) >= 11 is 0. The smallest absolute Gasteiger partial charge is 0.405 e. The average molecular weight is 940 g/mol. The van der Waals surface area contributed by atoms with Gasteiger partial charge in [-0.1, -0.05) is 117 Å². The van der Waals surface area contributed by atoms with Gasteiger partial charge in [-0.05, 0) is 111 Å². The fourth-order valence-electron chi connectivity index (χ4n) is 10.9. The van der Waals surface area contributed by atoms with Crippen LogP contribution in [0.3, 0.4) is 0 Å². The molecular weight excluding hydrogens is 857 g/mol. The van der Waals surface area contributed by atoms with Crippen molar-refractivity contribution in [3.05, 3.63) is 59.7 Å². The first-order valence-corrected chi connectivity index (χ1v) is 25.6. The second kappa shape index (κ2) is 23.7. The second-order valence-corrected chi connectivity index (χ2v) is 22.5. The van der Waals surface area contributed by atoms with Crippen LogP contribution in [-0.4, -0.2) is 83.6 Å². The van der Waals surface area contributed by atoms with Crippen LogP contribution in [0.5, 0.6) is 0 Å². The van der Waals surface area contributed by atoms with E-state index in [-0.39, 0.29) is 66.8 Å². The van der Waals surface area contributed by atoms with E-state index >= 15 is 0 Å². The number of carbonyl (C=O) groups excluding carboxylic acids is 6. The monoisotopic (exact) mass is 940 g/mol. The van der Waals surface area contributed by atoms with Gasteiger partial charge in [0.05, 0.1) is 23.9 Å². The Labute approximate surface area is 406 Å². The molecule has 0 radical (unpaired) electrons. The largest absolute Gasteiger partial charge is 0.461 e. The van der Waals surface area contributed by atoms with Gasteiger partial charge in [0.1, 0.15) is 11.8 Å². The number of benzene rings is 2. The lowest BCUT2D eigenvalue weighted by molar-refractivity contribution is -0.199. The lowest BCUT2D eigenvalue weighted by atomic mass is 9.43. The molecule has 6 rings (SSSR count). The predicted molar refractivity (Wildman–Crippen MR) is 268 cm³/mol. The first kappa shape index (κ1) is 54.9. The lowest BCUT2D eigenvalue weighted by Crippen LogP contribution is -2.65. The molecule has 4 fully saturated rings. The molecule has 2 bridgehead atoms. The summed E-state index contributed by atoms with van der Waals surface area (Å²) in [6.45, 7) is 19.9. The highest BCUT2D eigenvalue weighted by Gasteiger charge is 2.68. The van der Waals surface area contributed by atoms with Crippen molar-refractivity contribution in [2.45, 2.75) is 195 Å². The number of hydrogen-bond donors (Lipinski definition) is 4. The van der Waals surface area contributed by atoms with Gasteiger partial charge in [0.25, 0.3) is 0 Å². The number of hydrogen-bond acceptors (Lipinski definition) is 10. The maximum atomic E-state index is 14.0. The number of aryl methyl sites for hydroxylation is 1. The van der Waals surface area contributed by atoms with Gasteiger partial charge in [-0.25, -0.2) is 0 Å². The Morgan fingerprint density at radius 1 is 0.809 bits per heavy atom. The minimum atomic E-state index is -1.33. The van der Waals surface area contributed by atoms with Gasteiger partial charge in [-0.2, -0.15) is 0 Å². The molecule has 2 amide bonds. The van der Waals surface area contributed by atoms with Crippen molar-refractivity contribution in [3.8, 4) is 11.1 Å². The molecule has 0 spiro atoms. The summed E-state index contributed by atoms with van der Waals surface area (Å²) in [6.07, 6.45) is 6.07. The van der Waals surface area contributed by atoms with Crippen molar-refractivity contribution in [2.75, 3.05) is 6.54 Å². The van der Waals surface area contributed by atoms with E-state index in [1.165, 1.54) is 12.5 Å². The van der Waals surface area contributed by atoms with Crippen molar-refractivity contribution in [1.29, 1.82) is 0 Å². The number of ketones is 4. The van der Waals surface area contributed by atoms with E-state index in [4.69, 9.17) is 15.0 Å². The number of carbonyl (C=O) groups is 6. The molecular formula is C55H82BN3O9. The molecule has 2 aromatic rings. The van der Waals surface area contributed by atoms with Gasteiger partial charge in [-0.15, -0.1) is 0 Å². The Morgan fingerprint density at radius 2 is 1.46 bits per heavy atom. The highest BCUT2D eigenvalue weighted by atomic mass is 16.7. The zero-order valence-electron chi connectivity index (χ0n) is 42.8. The third-order valence-corrected chi connectivity index (χ3v) is 15.5. The summed E-state index contributed by atoms with van der Waals surface area (Å²) in [5.74, 6) is -2.91. The van der Waals surface area contributed by atoms with E-state index in [0.29, 0.717) is 49.6 Å². The van der Waals surface area contributed by atoms with E-state index in [1.807, 2.05) is 52.0 Å². The van der Waals surface area contributed by atoms with E-state index in [2.05, 4.69) is 62.6 Å². The molecule has 1 aliphatic heterocycles. The maximum Gasteiger partial charge on any atom is 0.461 e. The molecule has 4 aliphatic rings. The Kier molecular flexibility index (Phi) is 19.1. The van der Waals surface area contributed by atoms with Gasteiger partial charge in [0.2, 0.25) is 11.8 Å². The van der Waals surface area contributed by atoms with Crippen molar-refractivity contribution < 1.29 is 43.2 Å². The fraction of sp³-hybridized carbons (Fsp3) is 0.673. The number of aliphatic hydroxyl groups excluding tert-OH is 1. The maximum absolute atomic E-state index is 14.0. The number of amides is 2. The first-order valence-electron chi connectivity index (χ1n) is 25.6. The number of unbranched alkanes of at least 4 members (excludes halogenated alkanes) is 2.